The van der Waals surface area contributed by atoms with Crippen LogP contribution in [0, 0.1) is 0 Å². The average molecular weight is 260 g/mol. The second-order valence-electron chi connectivity index (χ2n) is 3.53. The van der Waals surface area contributed by atoms with Gasteiger partial charge in [0.15, 0.2) is 0 Å². The molecule has 0 nitrogen and oxygen atoms in total. The number of hydrogen-bond donors (Lipinski definition) is 0. The predicted molar refractivity (Wildman–Crippen MR) is 60.6 cm³/mol. The topological polar surface area (TPSA) is 0 Å². The maximum Gasteiger partial charge on any atom is 1.00 e. The van der Waals surface area contributed by atoms with Crippen LogP contribution in [0.15, 0.2) is 54.6 Å². The van der Waals surface area contributed by atoms with Crippen LogP contribution in [-0.2, 0) is 0 Å². The monoisotopic (exact) mass is 260 g/mol. The van der Waals surface area contributed by atoms with Crippen LogP contribution in [0.1, 0.15) is 0 Å². The first-order chi connectivity index (χ1) is 7.59. The fourth-order valence-corrected chi connectivity index (χ4v) is 1.66. The smallest absolute Gasteiger partial charge is 0.445 e. The summed E-state index contributed by atoms with van der Waals surface area (Å²) in [6.07, 6.45) is 0. The number of rotatable bonds is 2. The minimum atomic E-state index is -4.96. The van der Waals surface area contributed by atoms with Gasteiger partial charge in [0, 0.05) is 0 Å². The molecule has 0 aliphatic rings. The van der Waals surface area contributed by atoms with Gasteiger partial charge in [-0.25, -0.2) is 0 Å². The molecule has 0 N–H and O–H groups in total. The van der Waals surface area contributed by atoms with Gasteiger partial charge in [-0.2, -0.15) is 0 Å². The Kier molecular flexibility index (Phi) is 5.47. The first-order valence-electron chi connectivity index (χ1n) is 4.93. The van der Waals surface area contributed by atoms with Gasteiger partial charge < -0.3 is 12.9 Å². The van der Waals surface area contributed by atoms with Crippen molar-refractivity contribution in [1.29, 1.82) is 0 Å². The molecule has 0 aliphatic heterocycles. The van der Waals surface area contributed by atoms with Crippen molar-refractivity contribution >= 4 is 12.4 Å². The summed E-state index contributed by atoms with van der Waals surface area (Å²) in [5.41, 5.74) is 0.307. The van der Waals surface area contributed by atoms with Crippen LogP contribution in [-0.4, -0.2) is 6.98 Å². The minimum absolute atomic E-state index is 0. The molecule has 0 amide bonds. The molecule has 0 aliphatic carbocycles. The van der Waals surface area contributed by atoms with Crippen LogP contribution in [0.4, 0.5) is 12.9 Å². The molecule has 0 unspecified atom stereocenters. The number of hydrogen-bond acceptors (Lipinski definition) is 0. The predicted octanol–water partition coefficient (Wildman–Crippen LogP) is 0.412. The summed E-state index contributed by atoms with van der Waals surface area (Å²) in [5, 5.41) is 0. The molecule has 0 saturated heterocycles. The van der Waals surface area contributed by atoms with Gasteiger partial charge in [-0.15, -0.1) is 5.46 Å². The maximum atomic E-state index is 12.8. The van der Waals surface area contributed by atoms with E-state index in [0.717, 1.165) is 6.07 Å². The Morgan fingerprint density at radius 1 is 0.706 bits per heavy atom. The van der Waals surface area contributed by atoms with Gasteiger partial charge in [-0.05, 0) is 11.1 Å². The number of benzene rings is 2. The second kappa shape index (κ2) is 6.20. The van der Waals surface area contributed by atoms with Crippen LogP contribution in [0.2, 0.25) is 0 Å². The molecule has 0 heterocycles. The molecule has 0 spiro atoms. The van der Waals surface area contributed by atoms with E-state index in [2.05, 4.69) is 0 Å². The molecule has 2 aromatic carbocycles. The van der Waals surface area contributed by atoms with Crippen molar-refractivity contribution in [2.24, 2.45) is 0 Å². The van der Waals surface area contributed by atoms with E-state index in [1.54, 1.807) is 36.4 Å². The molecule has 0 saturated carbocycles. The van der Waals surface area contributed by atoms with E-state index in [4.69, 9.17) is 0 Å². The molecule has 0 fully saturated rings. The van der Waals surface area contributed by atoms with Gasteiger partial charge >= 0.3 is 58.4 Å². The molecule has 2 rings (SSSR count). The summed E-state index contributed by atoms with van der Waals surface area (Å²) in [4.78, 5) is 0. The summed E-state index contributed by atoms with van der Waals surface area (Å²) < 4.78 is 38.4. The van der Waals surface area contributed by atoms with E-state index in [9.17, 15) is 12.9 Å². The Hall–Kier alpha value is -0.0687. The minimum Gasteiger partial charge on any atom is -0.445 e. The SMILES string of the molecule is F[B-](F)(F)c1ccccc1-c1ccccc1.[K+]. The Labute approximate surface area is 141 Å². The molecule has 5 heteroatoms. The van der Waals surface area contributed by atoms with Crippen molar-refractivity contribution in [2.75, 3.05) is 0 Å². The Morgan fingerprint density at radius 2 is 1.24 bits per heavy atom. The van der Waals surface area contributed by atoms with E-state index in [1.807, 2.05) is 0 Å². The Morgan fingerprint density at radius 3 is 1.82 bits per heavy atom. The fourth-order valence-electron chi connectivity index (χ4n) is 1.66. The Balaban J connectivity index is 0.00000144. The largest absolute Gasteiger partial charge is 1.00 e. The molecule has 0 atom stereocenters. The summed E-state index contributed by atoms with van der Waals surface area (Å²) in [5.74, 6) is 0. The van der Waals surface area contributed by atoms with E-state index in [-0.39, 0.29) is 56.9 Å². The standard InChI is InChI=1S/C12H9BF3.K/c14-13(15,16)12-9-5-4-8-11(12)10-6-2-1-3-7-10;/h1-9H;/q-1;+1. The van der Waals surface area contributed by atoms with Crippen molar-refractivity contribution in [3.05, 3.63) is 54.6 Å². The molecule has 0 bridgehead atoms. The van der Waals surface area contributed by atoms with Crippen molar-refractivity contribution in [3.8, 4) is 11.1 Å². The zero-order chi connectivity index (χ0) is 11.6. The first-order valence-corrected chi connectivity index (χ1v) is 4.93. The van der Waals surface area contributed by atoms with Gasteiger partial charge in [0.25, 0.3) is 0 Å². The zero-order valence-corrected chi connectivity index (χ0v) is 12.5. The van der Waals surface area contributed by atoms with Gasteiger partial charge in [-0.3, -0.25) is 0 Å². The maximum absolute atomic E-state index is 12.8. The van der Waals surface area contributed by atoms with Crippen LogP contribution in [0.25, 0.3) is 11.1 Å². The van der Waals surface area contributed by atoms with Crippen molar-refractivity contribution < 1.29 is 64.3 Å². The third-order valence-electron chi connectivity index (χ3n) is 2.40. The van der Waals surface area contributed by atoms with Gasteiger partial charge in [0.05, 0.1) is 0 Å². The summed E-state index contributed by atoms with van der Waals surface area (Å²) >= 11 is 0. The van der Waals surface area contributed by atoms with Crippen LogP contribution < -0.4 is 56.8 Å². The molecule has 17 heavy (non-hydrogen) atoms. The fraction of sp³-hybridized carbons (Fsp3) is 0. The van der Waals surface area contributed by atoms with Gasteiger partial charge in [0.2, 0.25) is 0 Å². The second-order valence-corrected chi connectivity index (χ2v) is 3.53. The zero-order valence-electron chi connectivity index (χ0n) is 9.41. The van der Waals surface area contributed by atoms with Gasteiger partial charge in [-0.1, -0.05) is 54.6 Å². The summed E-state index contributed by atoms with van der Waals surface area (Å²) in [6.45, 7) is -4.96. The normalized spacial score (nSPS) is 10.8. The van der Waals surface area contributed by atoms with Crippen LogP contribution in [0.3, 0.4) is 0 Å². The van der Waals surface area contributed by atoms with Crippen molar-refractivity contribution in [3.63, 3.8) is 0 Å². The van der Waals surface area contributed by atoms with E-state index >= 15 is 0 Å². The van der Waals surface area contributed by atoms with Crippen LogP contribution in [0.5, 0.6) is 0 Å². The third kappa shape index (κ3) is 3.69. The molecular formula is C12H9BF3K. The van der Waals surface area contributed by atoms with E-state index in [1.165, 1.54) is 12.1 Å². The summed E-state index contributed by atoms with van der Waals surface area (Å²) in [7, 11) is 0. The molecular weight excluding hydrogens is 251 g/mol. The third-order valence-corrected chi connectivity index (χ3v) is 2.40. The molecule has 2 aromatic rings. The van der Waals surface area contributed by atoms with E-state index in [0.29, 0.717) is 5.56 Å². The van der Waals surface area contributed by atoms with Gasteiger partial charge in [0.1, 0.15) is 0 Å². The molecule has 0 aromatic heterocycles. The average Bonchev–Trinajstić information content (AvgIpc) is 2.29. The van der Waals surface area contributed by atoms with E-state index < -0.39 is 12.4 Å². The molecule has 82 valence electrons. The number of halogens is 3. The first kappa shape index (κ1) is 15.0. The summed E-state index contributed by atoms with van der Waals surface area (Å²) in [6, 6.07) is 14.3. The quantitative estimate of drug-likeness (QED) is 0.686. The molecule has 0 radical (unpaired) electrons. The Bertz CT molecular complexity index is 483. The van der Waals surface area contributed by atoms with Crippen molar-refractivity contribution in [2.45, 2.75) is 0 Å². The van der Waals surface area contributed by atoms with Crippen LogP contribution >= 0.6 is 0 Å². The van der Waals surface area contributed by atoms with Crippen molar-refractivity contribution in [1.82, 2.24) is 0 Å².